The lowest BCUT2D eigenvalue weighted by Gasteiger charge is -2.13. The van der Waals surface area contributed by atoms with Crippen molar-refractivity contribution in [3.63, 3.8) is 0 Å². The summed E-state index contributed by atoms with van der Waals surface area (Å²) >= 11 is 1.66. The van der Waals surface area contributed by atoms with Crippen molar-refractivity contribution in [3.8, 4) is 11.5 Å². The van der Waals surface area contributed by atoms with Gasteiger partial charge in [0, 0.05) is 29.0 Å². The van der Waals surface area contributed by atoms with Gasteiger partial charge in [-0.2, -0.15) is 0 Å². The fourth-order valence-electron chi connectivity index (χ4n) is 2.22. The van der Waals surface area contributed by atoms with Crippen LogP contribution in [-0.2, 0) is 6.42 Å². The molecular weight excluding hydrogens is 306 g/mol. The summed E-state index contributed by atoms with van der Waals surface area (Å²) < 4.78 is 0. The first-order valence-electron chi connectivity index (χ1n) is 7.63. The van der Waals surface area contributed by atoms with Crippen LogP contribution in [0, 0.1) is 6.92 Å². The summed E-state index contributed by atoms with van der Waals surface area (Å²) in [6, 6.07) is 7.84. The SMILES string of the molecule is CCc1cc(NC(C)c2nc(C)cs2)nc(-c2ccccn2)n1. The minimum absolute atomic E-state index is 0.102. The molecule has 0 saturated heterocycles. The lowest BCUT2D eigenvalue weighted by atomic mass is 10.2. The summed E-state index contributed by atoms with van der Waals surface area (Å²) in [6.45, 7) is 6.18. The zero-order valence-corrected chi connectivity index (χ0v) is 14.3. The Morgan fingerprint density at radius 1 is 1.22 bits per heavy atom. The Labute approximate surface area is 139 Å². The highest BCUT2D eigenvalue weighted by atomic mass is 32.1. The molecule has 3 heterocycles. The van der Waals surface area contributed by atoms with Gasteiger partial charge in [-0.3, -0.25) is 4.98 Å². The molecule has 5 nitrogen and oxygen atoms in total. The number of thiazole rings is 1. The lowest BCUT2D eigenvalue weighted by molar-refractivity contribution is 0.850. The number of hydrogen-bond donors (Lipinski definition) is 1. The molecule has 0 aliphatic rings. The minimum atomic E-state index is 0.102. The highest BCUT2D eigenvalue weighted by Crippen LogP contribution is 2.23. The molecule has 3 aromatic heterocycles. The Kier molecular flexibility index (Phi) is 4.62. The first-order chi connectivity index (χ1) is 11.2. The van der Waals surface area contributed by atoms with Crippen LogP contribution >= 0.6 is 11.3 Å². The van der Waals surface area contributed by atoms with Crippen molar-refractivity contribution >= 4 is 17.2 Å². The zero-order chi connectivity index (χ0) is 16.2. The van der Waals surface area contributed by atoms with Crippen LogP contribution in [0.5, 0.6) is 0 Å². The van der Waals surface area contributed by atoms with Gasteiger partial charge in [0.05, 0.1) is 6.04 Å². The van der Waals surface area contributed by atoms with Crippen LogP contribution in [0.1, 0.15) is 36.3 Å². The molecule has 0 aliphatic carbocycles. The van der Waals surface area contributed by atoms with Crippen molar-refractivity contribution in [3.05, 3.63) is 52.2 Å². The van der Waals surface area contributed by atoms with Gasteiger partial charge >= 0.3 is 0 Å². The van der Waals surface area contributed by atoms with Gasteiger partial charge < -0.3 is 5.32 Å². The fourth-order valence-corrected chi connectivity index (χ4v) is 3.02. The normalized spacial score (nSPS) is 12.1. The topological polar surface area (TPSA) is 63.6 Å². The highest BCUT2D eigenvalue weighted by Gasteiger charge is 2.12. The number of rotatable bonds is 5. The summed E-state index contributed by atoms with van der Waals surface area (Å²) in [7, 11) is 0. The summed E-state index contributed by atoms with van der Waals surface area (Å²) in [6.07, 6.45) is 2.60. The molecule has 118 valence electrons. The molecule has 0 aromatic carbocycles. The minimum Gasteiger partial charge on any atom is -0.361 e. The number of aromatic nitrogens is 4. The Bertz CT molecular complexity index is 785. The summed E-state index contributed by atoms with van der Waals surface area (Å²) in [4.78, 5) is 18.1. The second-order valence-corrected chi connectivity index (χ2v) is 6.22. The molecule has 3 rings (SSSR count). The van der Waals surface area contributed by atoms with E-state index < -0.39 is 0 Å². The quantitative estimate of drug-likeness (QED) is 0.767. The van der Waals surface area contributed by atoms with E-state index in [-0.39, 0.29) is 6.04 Å². The molecule has 0 saturated carbocycles. The van der Waals surface area contributed by atoms with E-state index >= 15 is 0 Å². The van der Waals surface area contributed by atoms with E-state index in [9.17, 15) is 0 Å². The van der Waals surface area contributed by atoms with Crippen LogP contribution in [0.15, 0.2) is 35.8 Å². The maximum Gasteiger partial charge on any atom is 0.180 e. The molecule has 0 bridgehead atoms. The Morgan fingerprint density at radius 3 is 2.74 bits per heavy atom. The van der Waals surface area contributed by atoms with Crippen LogP contribution in [0.3, 0.4) is 0 Å². The van der Waals surface area contributed by atoms with E-state index in [2.05, 4.69) is 44.5 Å². The van der Waals surface area contributed by atoms with Gasteiger partial charge in [0.2, 0.25) is 0 Å². The molecule has 1 unspecified atom stereocenters. The Morgan fingerprint density at radius 2 is 2.09 bits per heavy atom. The molecule has 0 spiro atoms. The summed E-state index contributed by atoms with van der Waals surface area (Å²) in [5, 5.41) is 6.54. The number of pyridine rings is 1. The number of anilines is 1. The van der Waals surface area contributed by atoms with Crippen LogP contribution in [0.4, 0.5) is 5.82 Å². The molecule has 3 aromatic rings. The van der Waals surface area contributed by atoms with Crippen LogP contribution in [0.25, 0.3) is 11.5 Å². The number of hydrogen-bond acceptors (Lipinski definition) is 6. The van der Waals surface area contributed by atoms with Crippen molar-refractivity contribution in [2.24, 2.45) is 0 Å². The third kappa shape index (κ3) is 3.71. The molecule has 6 heteroatoms. The van der Waals surface area contributed by atoms with Gasteiger partial charge in [0.15, 0.2) is 5.82 Å². The van der Waals surface area contributed by atoms with Gasteiger partial charge in [-0.25, -0.2) is 15.0 Å². The molecule has 0 radical (unpaired) electrons. The average molecular weight is 325 g/mol. The standard InChI is InChI=1S/C17H19N5S/c1-4-13-9-15(20-12(3)17-19-11(2)10-23-17)22-16(21-13)14-7-5-6-8-18-14/h5-10,12H,4H2,1-3H3,(H,20,21,22). The smallest absolute Gasteiger partial charge is 0.180 e. The van der Waals surface area contributed by atoms with Crippen molar-refractivity contribution in [2.75, 3.05) is 5.32 Å². The fraction of sp³-hybridized carbons (Fsp3) is 0.294. The van der Waals surface area contributed by atoms with Crippen molar-refractivity contribution in [1.82, 2.24) is 19.9 Å². The summed E-state index contributed by atoms with van der Waals surface area (Å²) in [5.74, 6) is 1.45. The Hall–Kier alpha value is -2.34. The lowest BCUT2D eigenvalue weighted by Crippen LogP contribution is -2.09. The third-order valence-electron chi connectivity index (χ3n) is 3.41. The van der Waals surface area contributed by atoms with E-state index in [0.717, 1.165) is 34.3 Å². The Balaban J connectivity index is 1.90. The molecule has 0 fully saturated rings. The second kappa shape index (κ2) is 6.83. The number of aryl methyl sites for hydroxylation is 2. The molecule has 1 atom stereocenters. The van der Waals surface area contributed by atoms with E-state index in [1.54, 1.807) is 17.5 Å². The number of nitrogens with zero attached hydrogens (tertiary/aromatic N) is 4. The van der Waals surface area contributed by atoms with Gasteiger partial charge in [-0.1, -0.05) is 13.0 Å². The monoisotopic (exact) mass is 325 g/mol. The third-order valence-corrected chi connectivity index (χ3v) is 4.55. The van der Waals surface area contributed by atoms with Crippen LogP contribution in [0.2, 0.25) is 0 Å². The number of nitrogens with one attached hydrogen (secondary N) is 1. The van der Waals surface area contributed by atoms with Gasteiger partial charge in [0.25, 0.3) is 0 Å². The van der Waals surface area contributed by atoms with E-state index in [0.29, 0.717) is 5.82 Å². The largest absolute Gasteiger partial charge is 0.361 e. The molecular formula is C17H19N5S. The second-order valence-electron chi connectivity index (χ2n) is 5.33. The maximum atomic E-state index is 4.62. The highest BCUT2D eigenvalue weighted by molar-refractivity contribution is 7.09. The van der Waals surface area contributed by atoms with Crippen LogP contribution in [-0.4, -0.2) is 19.9 Å². The first-order valence-corrected chi connectivity index (χ1v) is 8.51. The average Bonchev–Trinajstić information content (AvgIpc) is 3.02. The molecule has 23 heavy (non-hydrogen) atoms. The van der Waals surface area contributed by atoms with E-state index in [1.165, 1.54) is 0 Å². The first kappa shape index (κ1) is 15.6. The zero-order valence-electron chi connectivity index (χ0n) is 13.4. The molecule has 1 N–H and O–H groups in total. The van der Waals surface area contributed by atoms with E-state index in [4.69, 9.17) is 0 Å². The summed E-state index contributed by atoms with van der Waals surface area (Å²) in [5.41, 5.74) is 2.82. The van der Waals surface area contributed by atoms with Crippen LogP contribution < -0.4 is 5.32 Å². The van der Waals surface area contributed by atoms with E-state index in [1.807, 2.05) is 31.2 Å². The maximum absolute atomic E-state index is 4.62. The molecule has 0 amide bonds. The van der Waals surface area contributed by atoms with Crippen molar-refractivity contribution in [1.29, 1.82) is 0 Å². The van der Waals surface area contributed by atoms with Crippen molar-refractivity contribution < 1.29 is 0 Å². The van der Waals surface area contributed by atoms with Gasteiger partial charge in [0.1, 0.15) is 16.5 Å². The van der Waals surface area contributed by atoms with Gasteiger partial charge in [-0.05, 0) is 32.4 Å². The predicted octanol–water partition coefficient (Wildman–Crippen LogP) is 4.04. The van der Waals surface area contributed by atoms with Gasteiger partial charge in [-0.15, -0.1) is 11.3 Å². The van der Waals surface area contributed by atoms with Crippen molar-refractivity contribution in [2.45, 2.75) is 33.2 Å². The predicted molar refractivity (Wildman–Crippen MR) is 93.5 cm³/mol. The molecule has 0 aliphatic heterocycles.